The first-order valence-corrected chi connectivity index (χ1v) is 8.09. The van der Waals surface area contributed by atoms with Gasteiger partial charge in [-0.3, -0.25) is 9.48 Å². The Kier molecular flexibility index (Phi) is 5.93. The summed E-state index contributed by atoms with van der Waals surface area (Å²) in [6.07, 6.45) is 1.18. The molecule has 2 aromatic rings. The molecule has 5 heteroatoms. The van der Waals surface area contributed by atoms with E-state index in [0.717, 1.165) is 30.2 Å². The molecule has 0 saturated heterocycles. The Hall–Kier alpha value is -2.14. The second-order valence-corrected chi connectivity index (χ2v) is 5.80. The third-order valence-electron chi connectivity index (χ3n) is 4.05. The molecule has 0 spiro atoms. The third-order valence-corrected chi connectivity index (χ3v) is 4.05. The minimum Gasteiger partial charge on any atom is -0.326 e. The number of rotatable bonds is 7. The Balaban J connectivity index is 1.92. The second-order valence-electron chi connectivity index (χ2n) is 5.80. The molecule has 0 saturated carbocycles. The fourth-order valence-electron chi connectivity index (χ4n) is 2.67. The molecule has 0 fully saturated rings. The van der Waals surface area contributed by atoms with Gasteiger partial charge in [-0.25, -0.2) is 0 Å². The molecule has 0 radical (unpaired) electrons. The molecule has 1 aromatic heterocycles. The van der Waals surface area contributed by atoms with Gasteiger partial charge in [0.1, 0.15) is 0 Å². The number of nitrogens with one attached hydrogen (secondary N) is 2. The Morgan fingerprint density at radius 2 is 2.09 bits per heavy atom. The molecular formula is C18H26N4O. The first kappa shape index (κ1) is 17.2. The maximum atomic E-state index is 12.2. The van der Waals surface area contributed by atoms with Crippen LogP contribution in [0.2, 0.25) is 0 Å². The van der Waals surface area contributed by atoms with Gasteiger partial charge in [-0.1, -0.05) is 19.1 Å². The van der Waals surface area contributed by atoms with Gasteiger partial charge in [0.05, 0.1) is 5.69 Å². The van der Waals surface area contributed by atoms with Gasteiger partial charge in [-0.05, 0) is 50.1 Å². The summed E-state index contributed by atoms with van der Waals surface area (Å²) < 4.78 is 1.87. The number of aryl methyl sites for hydroxylation is 2. The maximum absolute atomic E-state index is 12.2. The minimum absolute atomic E-state index is 0.0354. The largest absolute Gasteiger partial charge is 0.326 e. The van der Waals surface area contributed by atoms with Crippen LogP contribution in [0.4, 0.5) is 5.69 Å². The zero-order valence-corrected chi connectivity index (χ0v) is 14.4. The number of hydrogen-bond acceptors (Lipinski definition) is 3. The average molecular weight is 314 g/mol. The van der Waals surface area contributed by atoms with E-state index in [9.17, 15) is 4.79 Å². The molecule has 124 valence electrons. The van der Waals surface area contributed by atoms with Gasteiger partial charge in [-0.2, -0.15) is 5.10 Å². The molecule has 2 N–H and O–H groups in total. The first-order chi connectivity index (χ1) is 11.0. The lowest BCUT2D eigenvalue weighted by atomic mass is 10.1. The average Bonchev–Trinajstić information content (AvgIpc) is 2.76. The highest BCUT2D eigenvalue weighted by atomic mass is 16.1. The van der Waals surface area contributed by atoms with Crippen LogP contribution in [0.5, 0.6) is 0 Å². The van der Waals surface area contributed by atoms with E-state index < -0.39 is 0 Å². The van der Waals surface area contributed by atoms with E-state index in [2.05, 4.69) is 28.7 Å². The van der Waals surface area contributed by atoms with Crippen LogP contribution in [0.3, 0.4) is 0 Å². The van der Waals surface area contributed by atoms with Crippen molar-refractivity contribution in [3.8, 4) is 0 Å². The summed E-state index contributed by atoms with van der Waals surface area (Å²) in [5.74, 6) is 0.0354. The molecule has 0 aliphatic carbocycles. The molecule has 1 heterocycles. The van der Waals surface area contributed by atoms with Gasteiger partial charge in [0, 0.05) is 31.4 Å². The monoisotopic (exact) mass is 314 g/mol. The zero-order chi connectivity index (χ0) is 16.8. The predicted molar refractivity (Wildman–Crippen MR) is 93.5 cm³/mol. The molecule has 5 nitrogen and oxygen atoms in total. The Morgan fingerprint density at radius 1 is 1.30 bits per heavy atom. The molecule has 0 unspecified atom stereocenters. The van der Waals surface area contributed by atoms with Crippen LogP contribution >= 0.6 is 0 Å². The number of aromatic nitrogens is 2. The lowest BCUT2D eigenvalue weighted by molar-refractivity contribution is -0.116. The van der Waals surface area contributed by atoms with Gasteiger partial charge < -0.3 is 10.6 Å². The van der Waals surface area contributed by atoms with Gasteiger partial charge in [0.2, 0.25) is 5.91 Å². The van der Waals surface area contributed by atoms with Crippen molar-refractivity contribution in [3.63, 3.8) is 0 Å². The molecule has 2 rings (SSSR count). The Bertz CT molecular complexity index is 676. The van der Waals surface area contributed by atoms with Crippen molar-refractivity contribution in [2.24, 2.45) is 7.05 Å². The number of amides is 1. The van der Waals surface area contributed by atoms with Crippen molar-refractivity contribution in [2.75, 3.05) is 11.9 Å². The summed E-state index contributed by atoms with van der Waals surface area (Å²) >= 11 is 0. The maximum Gasteiger partial charge on any atom is 0.224 e. The van der Waals surface area contributed by atoms with Crippen molar-refractivity contribution < 1.29 is 4.79 Å². The fourth-order valence-corrected chi connectivity index (χ4v) is 2.67. The number of carbonyl (C=O) groups excluding carboxylic acids is 1. The molecule has 0 aliphatic heterocycles. The lowest BCUT2D eigenvalue weighted by Crippen LogP contribution is -2.14. The highest BCUT2D eigenvalue weighted by molar-refractivity contribution is 5.90. The van der Waals surface area contributed by atoms with Crippen LogP contribution < -0.4 is 10.6 Å². The van der Waals surface area contributed by atoms with Crippen molar-refractivity contribution in [3.05, 3.63) is 46.8 Å². The number of anilines is 1. The lowest BCUT2D eigenvalue weighted by Gasteiger charge is -2.08. The number of hydrogen-bond donors (Lipinski definition) is 2. The van der Waals surface area contributed by atoms with Crippen LogP contribution in [-0.2, 0) is 24.8 Å². The highest BCUT2D eigenvalue weighted by Gasteiger charge is 2.11. The predicted octanol–water partition coefficient (Wildman–Crippen LogP) is 2.72. The van der Waals surface area contributed by atoms with Crippen LogP contribution in [-0.4, -0.2) is 22.2 Å². The highest BCUT2D eigenvalue weighted by Crippen LogP contribution is 2.15. The Labute approximate surface area is 138 Å². The topological polar surface area (TPSA) is 58.9 Å². The molecule has 1 aromatic carbocycles. The summed E-state index contributed by atoms with van der Waals surface area (Å²) in [6, 6.07) is 7.97. The number of carbonyl (C=O) groups is 1. The van der Waals surface area contributed by atoms with Crippen molar-refractivity contribution >= 4 is 11.6 Å². The quantitative estimate of drug-likeness (QED) is 0.826. The molecular weight excluding hydrogens is 288 g/mol. The Morgan fingerprint density at radius 3 is 2.74 bits per heavy atom. The third kappa shape index (κ3) is 4.66. The van der Waals surface area contributed by atoms with Crippen LogP contribution in [0.1, 0.15) is 35.9 Å². The van der Waals surface area contributed by atoms with Crippen molar-refractivity contribution in [2.45, 2.75) is 40.2 Å². The van der Waals surface area contributed by atoms with Gasteiger partial charge in [-0.15, -0.1) is 0 Å². The minimum atomic E-state index is 0.0354. The van der Waals surface area contributed by atoms with E-state index in [4.69, 9.17) is 0 Å². The van der Waals surface area contributed by atoms with Gasteiger partial charge in [0.15, 0.2) is 0 Å². The second kappa shape index (κ2) is 7.92. The van der Waals surface area contributed by atoms with Crippen LogP contribution in [0, 0.1) is 13.8 Å². The van der Waals surface area contributed by atoms with Gasteiger partial charge >= 0.3 is 0 Å². The fraction of sp³-hybridized carbons (Fsp3) is 0.444. The van der Waals surface area contributed by atoms with Crippen LogP contribution in [0.25, 0.3) is 0 Å². The van der Waals surface area contributed by atoms with Crippen molar-refractivity contribution in [1.82, 2.24) is 15.1 Å². The number of nitrogens with zero attached hydrogens (tertiary/aromatic N) is 2. The standard InChI is InChI=1S/C18H26N4O/c1-5-19-12-15-7-6-8-16(11-15)20-18(23)10-9-17-13(2)21-22(4)14(17)3/h6-8,11,19H,5,9-10,12H2,1-4H3,(H,20,23). The molecule has 0 atom stereocenters. The van der Waals surface area contributed by atoms with E-state index in [-0.39, 0.29) is 5.91 Å². The smallest absolute Gasteiger partial charge is 0.224 e. The van der Waals surface area contributed by atoms with E-state index in [0.29, 0.717) is 12.8 Å². The summed E-state index contributed by atoms with van der Waals surface area (Å²) in [5.41, 5.74) is 5.32. The molecule has 0 aliphatic rings. The van der Waals surface area contributed by atoms with E-state index >= 15 is 0 Å². The molecule has 1 amide bonds. The van der Waals surface area contributed by atoms with E-state index in [1.54, 1.807) is 0 Å². The normalized spacial score (nSPS) is 10.8. The summed E-state index contributed by atoms with van der Waals surface area (Å²) in [4.78, 5) is 12.2. The van der Waals surface area contributed by atoms with E-state index in [1.165, 1.54) is 11.1 Å². The van der Waals surface area contributed by atoms with E-state index in [1.807, 2.05) is 43.8 Å². The molecule has 0 bridgehead atoms. The zero-order valence-electron chi connectivity index (χ0n) is 14.4. The SMILES string of the molecule is CCNCc1cccc(NC(=O)CCc2c(C)nn(C)c2C)c1. The van der Waals surface area contributed by atoms with Crippen molar-refractivity contribution in [1.29, 1.82) is 0 Å². The summed E-state index contributed by atoms with van der Waals surface area (Å²) in [6.45, 7) is 7.85. The number of benzene rings is 1. The summed E-state index contributed by atoms with van der Waals surface area (Å²) in [7, 11) is 1.93. The first-order valence-electron chi connectivity index (χ1n) is 8.09. The summed E-state index contributed by atoms with van der Waals surface area (Å²) in [5, 5.41) is 10.7. The van der Waals surface area contributed by atoms with Crippen LogP contribution in [0.15, 0.2) is 24.3 Å². The molecule has 23 heavy (non-hydrogen) atoms. The van der Waals surface area contributed by atoms with Gasteiger partial charge in [0.25, 0.3) is 0 Å².